The van der Waals surface area contributed by atoms with E-state index in [4.69, 9.17) is 5.10 Å². The second-order valence-electron chi connectivity index (χ2n) is 8.16. The number of hydrogen-bond donors (Lipinski definition) is 1. The van der Waals surface area contributed by atoms with Gasteiger partial charge < -0.3 is 5.32 Å². The van der Waals surface area contributed by atoms with E-state index in [2.05, 4.69) is 36.4 Å². The monoisotopic (exact) mass is 400 g/mol. The van der Waals surface area contributed by atoms with E-state index in [1.165, 1.54) is 0 Å². The van der Waals surface area contributed by atoms with Crippen LogP contribution in [0.1, 0.15) is 42.5 Å². The number of carbonyl (C=O) groups is 1. The number of benzene rings is 2. The topological polar surface area (TPSA) is 77.6 Å². The number of amides is 1. The van der Waals surface area contributed by atoms with Gasteiger partial charge >= 0.3 is 0 Å². The summed E-state index contributed by atoms with van der Waals surface area (Å²) in [6.07, 6.45) is 1.62. The predicted molar refractivity (Wildman–Crippen MR) is 116 cm³/mol. The maximum absolute atomic E-state index is 13.0. The van der Waals surface area contributed by atoms with Crippen LogP contribution in [0.25, 0.3) is 11.4 Å². The number of hydrogen-bond acceptors (Lipinski definition) is 4. The van der Waals surface area contributed by atoms with Crippen molar-refractivity contribution < 1.29 is 4.79 Å². The zero-order chi connectivity index (χ0) is 21.3. The summed E-state index contributed by atoms with van der Waals surface area (Å²) in [7, 11) is 0. The maximum Gasteiger partial charge on any atom is 0.279 e. The van der Waals surface area contributed by atoms with Gasteiger partial charge in [0.05, 0.1) is 23.3 Å². The molecule has 0 aliphatic rings. The summed E-state index contributed by atoms with van der Waals surface area (Å²) in [5.74, 6) is 0.295. The zero-order valence-electron chi connectivity index (χ0n) is 17.5. The van der Waals surface area contributed by atoms with Crippen LogP contribution in [-0.2, 0) is 5.41 Å². The molecule has 2 aromatic carbocycles. The first-order valence-corrected chi connectivity index (χ1v) is 9.79. The van der Waals surface area contributed by atoms with Crippen molar-refractivity contribution in [3.05, 3.63) is 83.8 Å². The molecule has 1 N–H and O–H groups in total. The summed E-state index contributed by atoms with van der Waals surface area (Å²) >= 11 is 0. The van der Waals surface area contributed by atoms with Crippen molar-refractivity contribution in [2.45, 2.75) is 33.1 Å². The molecule has 0 aliphatic carbocycles. The highest BCUT2D eigenvalue weighted by Gasteiger charge is 2.26. The molecule has 152 valence electrons. The van der Waals surface area contributed by atoms with Gasteiger partial charge in [-0.05, 0) is 31.2 Å². The number of anilines is 1. The summed E-state index contributed by atoms with van der Waals surface area (Å²) in [5.41, 5.74) is 3.63. The molecule has 7 heteroatoms. The average Bonchev–Trinajstić information content (AvgIpc) is 3.35. The summed E-state index contributed by atoms with van der Waals surface area (Å²) in [6, 6.07) is 19.3. The van der Waals surface area contributed by atoms with Gasteiger partial charge in [-0.1, -0.05) is 62.4 Å². The molecule has 0 unspecified atom stereocenters. The molecule has 0 fully saturated rings. The van der Waals surface area contributed by atoms with Crippen LogP contribution in [0.15, 0.2) is 66.9 Å². The Morgan fingerprint density at radius 2 is 1.53 bits per heavy atom. The highest BCUT2D eigenvalue weighted by Crippen LogP contribution is 2.31. The molecule has 0 saturated heterocycles. The SMILES string of the molecule is Cc1c(C(C)(C)C)nn(-c2ccccc2)c1NC(=O)c1cn(-c2ccccc2)nn1. The van der Waals surface area contributed by atoms with Crippen LogP contribution in [-0.4, -0.2) is 30.7 Å². The highest BCUT2D eigenvalue weighted by atomic mass is 16.2. The second-order valence-corrected chi connectivity index (χ2v) is 8.16. The summed E-state index contributed by atoms with van der Waals surface area (Å²) < 4.78 is 3.35. The number of nitrogens with zero attached hydrogens (tertiary/aromatic N) is 5. The Balaban J connectivity index is 1.70. The number of aromatic nitrogens is 5. The van der Waals surface area contributed by atoms with Gasteiger partial charge in [0.15, 0.2) is 5.69 Å². The van der Waals surface area contributed by atoms with E-state index < -0.39 is 0 Å². The fourth-order valence-electron chi connectivity index (χ4n) is 3.36. The molecule has 0 atom stereocenters. The predicted octanol–water partition coefficient (Wildman–Crippen LogP) is 4.31. The van der Waals surface area contributed by atoms with Crippen LogP contribution < -0.4 is 5.32 Å². The van der Waals surface area contributed by atoms with Crippen molar-refractivity contribution in [2.75, 3.05) is 5.32 Å². The van der Waals surface area contributed by atoms with Crippen LogP contribution in [0, 0.1) is 6.92 Å². The van der Waals surface area contributed by atoms with Gasteiger partial charge in [0.2, 0.25) is 0 Å². The molecule has 0 saturated carbocycles. The Morgan fingerprint density at radius 1 is 0.933 bits per heavy atom. The van der Waals surface area contributed by atoms with Crippen molar-refractivity contribution in [1.82, 2.24) is 24.8 Å². The largest absolute Gasteiger partial charge is 0.305 e. The number of rotatable bonds is 4. The Hall–Kier alpha value is -3.74. The Kier molecular flexibility index (Phi) is 4.95. The third-order valence-corrected chi connectivity index (χ3v) is 4.81. The normalized spacial score (nSPS) is 11.5. The lowest BCUT2D eigenvalue weighted by molar-refractivity contribution is 0.102. The summed E-state index contributed by atoms with van der Waals surface area (Å²) in [6.45, 7) is 8.29. The van der Waals surface area contributed by atoms with Crippen LogP contribution >= 0.6 is 0 Å². The molecule has 0 bridgehead atoms. The minimum absolute atomic E-state index is 0.167. The molecule has 1 amide bonds. The number of carbonyl (C=O) groups excluding carboxylic acids is 1. The van der Waals surface area contributed by atoms with Crippen LogP contribution in [0.4, 0.5) is 5.82 Å². The quantitative estimate of drug-likeness (QED) is 0.554. The lowest BCUT2D eigenvalue weighted by atomic mass is 9.90. The zero-order valence-corrected chi connectivity index (χ0v) is 17.5. The molecule has 0 aliphatic heterocycles. The van der Waals surface area contributed by atoms with Gasteiger partial charge in [-0.25, -0.2) is 9.36 Å². The molecular formula is C23H24N6O. The van der Waals surface area contributed by atoms with Crippen LogP contribution in [0.3, 0.4) is 0 Å². The smallest absolute Gasteiger partial charge is 0.279 e. The third kappa shape index (κ3) is 3.74. The Labute approximate surface area is 175 Å². The second kappa shape index (κ2) is 7.59. The molecule has 0 radical (unpaired) electrons. The van der Waals surface area contributed by atoms with Gasteiger partial charge in [0.25, 0.3) is 5.91 Å². The van der Waals surface area contributed by atoms with Gasteiger partial charge in [-0.15, -0.1) is 5.10 Å². The first-order chi connectivity index (χ1) is 14.3. The van der Waals surface area contributed by atoms with E-state index in [1.807, 2.05) is 67.6 Å². The van der Waals surface area contributed by atoms with Gasteiger partial charge in [0.1, 0.15) is 5.82 Å². The van der Waals surface area contributed by atoms with E-state index in [1.54, 1.807) is 15.6 Å². The van der Waals surface area contributed by atoms with Crippen molar-refractivity contribution >= 4 is 11.7 Å². The van der Waals surface area contributed by atoms with Crippen molar-refractivity contribution in [3.8, 4) is 11.4 Å². The van der Waals surface area contributed by atoms with Crippen LogP contribution in [0.2, 0.25) is 0 Å². The van der Waals surface area contributed by atoms with Gasteiger partial charge in [-0.3, -0.25) is 4.79 Å². The van der Waals surface area contributed by atoms with Crippen molar-refractivity contribution in [2.24, 2.45) is 0 Å². The molecule has 7 nitrogen and oxygen atoms in total. The standard InChI is InChI=1S/C23H24N6O/c1-16-20(23(2,3)4)26-29(18-13-9-6-10-14-18)21(16)24-22(30)19-15-28(27-25-19)17-11-7-5-8-12-17/h5-15H,1-4H3,(H,24,30). The molecule has 0 spiro atoms. The first kappa shape index (κ1) is 19.6. The lowest BCUT2D eigenvalue weighted by Crippen LogP contribution is -2.16. The maximum atomic E-state index is 13.0. The minimum atomic E-state index is -0.335. The van der Waals surface area contributed by atoms with E-state index in [0.717, 1.165) is 22.6 Å². The van der Waals surface area contributed by atoms with Gasteiger partial charge in [-0.2, -0.15) is 5.10 Å². The van der Waals surface area contributed by atoms with E-state index in [-0.39, 0.29) is 17.0 Å². The van der Waals surface area contributed by atoms with E-state index in [9.17, 15) is 4.79 Å². The first-order valence-electron chi connectivity index (χ1n) is 9.79. The summed E-state index contributed by atoms with van der Waals surface area (Å²) in [4.78, 5) is 13.0. The lowest BCUT2D eigenvalue weighted by Gasteiger charge is -2.16. The molecule has 2 aromatic heterocycles. The average molecular weight is 400 g/mol. The molecule has 4 aromatic rings. The molecule has 30 heavy (non-hydrogen) atoms. The fraction of sp³-hybridized carbons (Fsp3) is 0.217. The number of nitrogens with one attached hydrogen (secondary N) is 1. The highest BCUT2D eigenvalue weighted by molar-refractivity contribution is 6.02. The van der Waals surface area contributed by atoms with E-state index >= 15 is 0 Å². The minimum Gasteiger partial charge on any atom is -0.305 e. The van der Waals surface area contributed by atoms with Gasteiger partial charge in [0, 0.05) is 11.0 Å². The third-order valence-electron chi connectivity index (χ3n) is 4.81. The summed E-state index contributed by atoms with van der Waals surface area (Å²) in [5, 5.41) is 15.9. The molecule has 4 rings (SSSR count). The Morgan fingerprint density at radius 3 is 2.13 bits per heavy atom. The molecular weight excluding hydrogens is 376 g/mol. The van der Waals surface area contributed by atoms with Crippen molar-refractivity contribution in [1.29, 1.82) is 0 Å². The molecule has 2 heterocycles. The Bertz CT molecular complexity index is 1170. The van der Waals surface area contributed by atoms with Crippen LogP contribution in [0.5, 0.6) is 0 Å². The van der Waals surface area contributed by atoms with E-state index in [0.29, 0.717) is 5.82 Å². The fourth-order valence-corrected chi connectivity index (χ4v) is 3.36. The van der Waals surface area contributed by atoms with Crippen molar-refractivity contribution in [3.63, 3.8) is 0 Å². The number of para-hydroxylation sites is 2.